The molecule has 3 rings (SSSR count). The Kier molecular flexibility index (Phi) is 6.74. The maximum atomic E-state index is 12.3. The highest BCUT2D eigenvalue weighted by atomic mass is 35.5. The van der Waals surface area contributed by atoms with E-state index in [1.165, 1.54) is 0 Å². The smallest absolute Gasteiger partial charge is 0.410 e. The van der Waals surface area contributed by atoms with Gasteiger partial charge in [-0.25, -0.2) is 4.79 Å². The van der Waals surface area contributed by atoms with Crippen LogP contribution in [0.2, 0.25) is 5.28 Å². The number of carbonyl (C=O) groups is 1. The predicted octanol–water partition coefficient (Wildman–Crippen LogP) is 3.18. The summed E-state index contributed by atoms with van der Waals surface area (Å²) in [6.07, 6.45) is 1.27. The molecule has 1 amide bonds. The van der Waals surface area contributed by atoms with E-state index in [0.717, 1.165) is 12.8 Å². The SMILES string of the molecule is CC(C)(C)OC(=O)N1CCN(c2nc(Cl)nc(NC3CCOCC3)c2N=O)CC1. The molecule has 0 aliphatic carbocycles. The molecule has 2 fully saturated rings. The number of anilines is 2. The molecule has 29 heavy (non-hydrogen) atoms. The second-order valence-corrected chi connectivity index (χ2v) is 8.43. The van der Waals surface area contributed by atoms with E-state index in [1.807, 2.05) is 25.7 Å². The van der Waals surface area contributed by atoms with Gasteiger partial charge >= 0.3 is 6.09 Å². The molecule has 2 aliphatic heterocycles. The average Bonchev–Trinajstić information content (AvgIpc) is 2.67. The Hall–Kier alpha value is -2.20. The van der Waals surface area contributed by atoms with E-state index in [2.05, 4.69) is 20.5 Å². The van der Waals surface area contributed by atoms with Gasteiger partial charge in [0.2, 0.25) is 5.28 Å². The van der Waals surface area contributed by atoms with Crippen LogP contribution in [0, 0.1) is 4.91 Å². The third-order valence-electron chi connectivity index (χ3n) is 4.72. The number of ether oxygens (including phenoxy) is 2. The molecule has 1 aromatic heterocycles. The molecule has 2 aliphatic rings. The molecule has 11 heteroatoms. The normalized spacial score (nSPS) is 18.5. The van der Waals surface area contributed by atoms with Gasteiger partial charge in [-0.05, 0) is 50.4 Å². The van der Waals surface area contributed by atoms with Crippen LogP contribution in [0.15, 0.2) is 5.18 Å². The number of amides is 1. The fourth-order valence-corrected chi connectivity index (χ4v) is 3.45. The maximum absolute atomic E-state index is 12.3. The zero-order valence-electron chi connectivity index (χ0n) is 17.0. The summed E-state index contributed by atoms with van der Waals surface area (Å²) in [4.78, 5) is 35.8. The van der Waals surface area contributed by atoms with Crippen LogP contribution in [0.5, 0.6) is 0 Å². The van der Waals surface area contributed by atoms with Crippen molar-refractivity contribution in [3.63, 3.8) is 0 Å². The van der Waals surface area contributed by atoms with Crippen molar-refractivity contribution < 1.29 is 14.3 Å². The highest BCUT2D eigenvalue weighted by Crippen LogP contribution is 2.35. The van der Waals surface area contributed by atoms with E-state index in [9.17, 15) is 9.70 Å². The summed E-state index contributed by atoms with van der Waals surface area (Å²) in [7, 11) is 0. The second-order valence-electron chi connectivity index (χ2n) is 8.09. The second kappa shape index (κ2) is 9.08. The lowest BCUT2D eigenvalue weighted by molar-refractivity contribution is 0.0240. The molecule has 0 unspecified atom stereocenters. The van der Waals surface area contributed by atoms with Crippen molar-refractivity contribution in [2.45, 2.75) is 45.3 Å². The summed E-state index contributed by atoms with van der Waals surface area (Å²) in [6, 6.07) is 0.132. The van der Waals surface area contributed by atoms with Crippen molar-refractivity contribution >= 4 is 35.0 Å². The van der Waals surface area contributed by atoms with Crippen molar-refractivity contribution in [3.8, 4) is 0 Å². The van der Waals surface area contributed by atoms with Crippen LogP contribution in [0.1, 0.15) is 33.6 Å². The zero-order valence-corrected chi connectivity index (χ0v) is 17.7. The molecule has 160 valence electrons. The number of nitroso groups, excluding NO2 is 1. The number of piperazine rings is 1. The Morgan fingerprint density at radius 1 is 1.21 bits per heavy atom. The highest BCUT2D eigenvalue weighted by molar-refractivity contribution is 6.28. The van der Waals surface area contributed by atoms with Gasteiger partial charge in [-0.15, -0.1) is 4.91 Å². The first kappa shape index (κ1) is 21.5. The number of hydrogen-bond donors (Lipinski definition) is 1. The van der Waals surface area contributed by atoms with Crippen molar-refractivity contribution in [3.05, 3.63) is 10.2 Å². The molecule has 0 radical (unpaired) electrons. The molecule has 3 heterocycles. The fraction of sp³-hybridized carbons (Fsp3) is 0.722. The Morgan fingerprint density at radius 3 is 2.45 bits per heavy atom. The predicted molar refractivity (Wildman–Crippen MR) is 110 cm³/mol. The molecular formula is C18H27ClN6O4. The van der Waals surface area contributed by atoms with Crippen molar-refractivity contribution in [2.75, 3.05) is 49.6 Å². The molecular weight excluding hydrogens is 400 g/mol. The van der Waals surface area contributed by atoms with Gasteiger partial charge in [0.15, 0.2) is 17.3 Å². The summed E-state index contributed by atoms with van der Waals surface area (Å²) in [5.41, 5.74) is -0.417. The Labute approximate surface area is 174 Å². The van der Waals surface area contributed by atoms with Gasteiger partial charge in [-0.2, -0.15) is 9.97 Å². The molecule has 0 saturated carbocycles. The van der Waals surface area contributed by atoms with Crippen LogP contribution in [0.4, 0.5) is 22.1 Å². The molecule has 0 bridgehead atoms. The van der Waals surface area contributed by atoms with Crippen LogP contribution >= 0.6 is 11.6 Å². The number of hydrogen-bond acceptors (Lipinski definition) is 9. The Morgan fingerprint density at radius 2 is 1.86 bits per heavy atom. The maximum Gasteiger partial charge on any atom is 0.410 e. The number of carbonyl (C=O) groups excluding carboxylic acids is 1. The van der Waals surface area contributed by atoms with Crippen molar-refractivity contribution in [1.82, 2.24) is 14.9 Å². The topological polar surface area (TPSA) is 109 Å². The third kappa shape index (κ3) is 5.66. The molecule has 2 saturated heterocycles. The summed E-state index contributed by atoms with van der Waals surface area (Å²) in [5, 5.41) is 6.47. The summed E-state index contributed by atoms with van der Waals surface area (Å²) in [5.74, 6) is 0.704. The van der Waals surface area contributed by atoms with Crippen molar-refractivity contribution in [2.24, 2.45) is 5.18 Å². The van der Waals surface area contributed by atoms with E-state index in [4.69, 9.17) is 21.1 Å². The first-order valence-electron chi connectivity index (χ1n) is 9.75. The molecule has 1 N–H and O–H groups in total. The van der Waals surface area contributed by atoms with E-state index >= 15 is 0 Å². The summed E-state index contributed by atoms with van der Waals surface area (Å²) < 4.78 is 10.8. The van der Waals surface area contributed by atoms with Crippen molar-refractivity contribution in [1.29, 1.82) is 0 Å². The van der Waals surface area contributed by atoms with Crippen LogP contribution in [-0.4, -0.2) is 72.0 Å². The van der Waals surface area contributed by atoms with Crippen LogP contribution in [-0.2, 0) is 9.47 Å². The lowest BCUT2D eigenvalue weighted by Gasteiger charge is -2.36. The first-order valence-corrected chi connectivity index (χ1v) is 10.1. The average molecular weight is 427 g/mol. The highest BCUT2D eigenvalue weighted by Gasteiger charge is 2.29. The monoisotopic (exact) mass is 426 g/mol. The quantitative estimate of drug-likeness (QED) is 0.577. The first-order chi connectivity index (χ1) is 13.8. The minimum atomic E-state index is -0.548. The van der Waals surface area contributed by atoms with E-state index in [0.29, 0.717) is 51.0 Å². The largest absolute Gasteiger partial charge is 0.444 e. The fourth-order valence-electron chi connectivity index (χ4n) is 3.28. The van der Waals surface area contributed by atoms with E-state index in [1.54, 1.807) is 4.90 Å². The van der Waals surface area contributed by atoms with Gasteiger partial charge in [-0.1, -0.05) is 0 Å². The van der Waals surface area contributed by atoms with Gasteiger partial charge in [0, 0.05) is 45.4 Å². The number of nitrogens with zero attached hydrogens (tertiary/aromatic N) is 5. The minimum absolute atomic E-state index is 0.0385. The lowest BCUT2D eigenvalue weighted by atomic mass is 10.1. The molecule has 0 spiro atoms. The Balaban J connectivity index is 1.72. The van der Waals surface area contributed by atoms with Gasteiger partial charge in [0.05, 0.1) is 0 Å². The summed E-state index contributed by atoms with van der Waals surface area (Å²) in [6.45, 7) is 8.64. The molecule has 0 aromatic carbocycles. The minimum Gasteiger partial charge on any atom is -0.444 e. The lowest BCUT2D eigenvalue weighted by Crippen LogP contribution is -2.50. The van der Waals surface area contributed by atoms with Gasteiger partial charge < -0.3 is 24.6 Å². The third-order valence-corrected chi connectivity index (χ3v) is 4.89. The Bertz CT molecular complexity index is 743. The standard InChI is InChI=1S/C18H27ClN6O4/c1-18(2,3)29-17(26)25-8-6-24(7-9-25)15-13(23-27)14(21-16(19)22-15)20-12-4-10-28-11-5-12/h12H,4-11H2,1-3H3,(H,20,21,22). The van der Waals surface area contributed by atoms with Gasteiger partial charge in [0.25, 0.3) is 0 Å². The zero-order chi connectivity index (χ0) is 21.0. The summed E-state index contributed by atoms with van der Waals surface area (Å²) >= 11 is 6.13. The number of nitrogens with one attached hydrogen (secondary N) is 1. The van der Waals surface area contributed by atoms with Crippen LogP contribution < -0.4 is 10.2 Å². The number of aromatic nitrogens is 2. The number of rotatable bonds is 4. The van der Waals surface area contributed by atoms with Crippen LogP contribution in [0.25, 0.3) is 0 Å². The molecule has 1 aromatic rings. The van der Waals surface area contributed by atoms with E-state index in [-0.39, 0.29) is 23.1 Å². The number of halogens is 1. The van der Waals surface area contributed by atoms with E-state index < -0.39 is 5.60 Å². The molecule has 10 nitrogen and oxygen atoms in total. The van der Waals surface area contributed by atoms with Crippen LogP contribution in [0.3, 0.4) is 0 Å². The molecule has 0 atom stereocenters. The van der Waals surface area contributed by atoms with Gasteiger partial charge in [0.1, 0.15) is 5.60 Å². The van der Waals surface area contributed by atoms with Gasteiger partial charge in [-0.3, -0.25) is 0 Å².